The Bertz CT molecular complexity index is 1060. The number of aromatic nitrogens is 6. The molecule has 1 aliphatic rings. The Labute approximate surface area is 175 Å². The standard InChI is InChI=1S/C21H30N8O/c1-5-12(6-2)14-9-15(27-26-14)25-20(30)17-16-18(22)23-11-24-19(16)29(28-17)13-7-8-21(3,4)10-13/h9,11-13H,5-8,10H2,1-4H3,(H2,22,23,24)(H2,25,26,27,30). The summed E-state index contributed by atoms with van der Waals surface area (Å²) in [6.07, 6.45) is 6.51. The quantitative estimate of drug-likeness (QED) is 0.563. The first-order valence-electron chi connectivity index (χ1n) is 10.7. The van der Waals surface area contributed by atoms with Gasteiger partial charge in [0.15, 0.2) is 17.2 Å². The highest BCUT2D eigenvalue weighted by molar-refractivity contribution is 6.12. The summed E-state index contributed by atoms with van der Waals surface area (Å²) in [5.41, 5.74) is 8.23. The molecule has 1 aliphatic carbocycles. The lowest BCUT2D eigenvalue weighted by Crippen LogP contribution is -2.15. The van der Waals surface area contributed by atoms with Crippen molar-refractivity contribution in [3.63, 3.8) is 0 Å². The number of hydrogen-bond donors (Lipinski definition) is 3. The zero-order valence-electron chi connectivity index (χ0n) is 18.1. The van der Waals surface area contributed by atoms with Gasteiger partial charge in [0.2, 0.25) is 0 Å². The van der Waals surface area contributed by atoms with E-state index in [1.165, 1.54) is 6.33 Å². The molecule has 0 aromatic carbocycles. The number of hydrogen-bond acceptors (Lipinski definition) is 6. The second-order valence-corrected chi connectivity index (χ2v) is 8.99. The summed E-state index contributed by atoms with van der Waals surface area (Å²) in [6.45, 7) is 8.79. The number of nitrogen functional groups attached to an aromatic ring is 1. The lowest BCUT2D eigenvalue weighted by molar-refractivity contribution is 0.102. The molecule has 30 heavy (non-hydrogen) atoms. The third-order valence-corrected chi connectivity index (χ3v) is 6.29. The van der Waals surface area contributed by atoms with Crippen molar-refractivity contribution in [2.45, 2.75) is 71.8 Å². The molecule has 0 bridgehead atoms. The fourth-order valence-electron chi connectivity index (χ4n) is 4.53. The molecule has 1 amide bonds. The van der Waals surface area contributed by atoms with E-state index in [4.69, 9.17) is 5.73 Å². The van der Waals surface area contributed by atoms with E-state index in [-0.39, 0.29) is 28.9 Å². The first-order valence-corrected chi connectivity index (χ1v) is 10.7. The summed E-state index contributed by atoms with van der Waals surface area (Å²) in [5, 5.41) is 15.3. The van der Waals surface area contributed by atoms with Crippen LogP contribution in [-0.2, 0) is 0 Å². The molecule has 4 rings (SSSR count). The molecule has 1 fully saturated rings. The smallest absolute Gasteiger partial charge is 0.278 e. The zero-order valence-corrected chi connectivity index (χ0v) is 18.1. The summed E-state index contributed by atoms with van der Waals surface area (Å²) in [5.74, 6) is 0.758. The van der Waals surface area contributed by atoms with Crippen LogP contribution in [0.5, 0.6) is 0 Å². The van der Waals surface area contributed by atoms with E-state index < -0.39 is 0 Å². The minimum Gasteiger partial charge on any atom is -0.383 e. The Morgan fingerprint density at radius 2 is 2.13 bits per heavy atom. The van der Waals surface area contributed by atoms with E-state index in [0.717, 1.165) is 37.8 Å². The predicted molar refractivity (Wildman–Crippen MR) is 116 cm³/mol. The van der Waals surface area contributed by atoms with Crippen LogP contribution in [0.1, 0.15) is 87.9 Å². The van der Waals surface area contributed by atoms with Crippen LogP contribution in [-0.4, -0.2) is 35.9 Å². The highest BCUT2D eigenvalue weighted by atomic mass is 16.2. The number of anilines is 2. The third-order valence-electron chi connectivity index (χ3n) is 6.29. The summed E-state index contributed by atoms with van der Waals surface area (Å²) >= 11 is 0. The topological polar surface area (TPSA) is 127 Å². The van der Waals surface area contributed by atoms with Gasteiger partial charge in [-0.05, 0) is 37.5 Å². The monoisotopic (exact) mass is 410 g/mol. The van der Waals surface area contributed by atoms with Gasteiger partial charge in [0.05, 0.1) is 11.4 Å². The van der Waals surface area contributed by atoms with Crippen LogP contribution < -0.4 is 11.1 Å². The van der Waals surface area contributed by atoms with Crippen LogP contribution in [0, 0.1) is 5.41 Å². The van der Waals surface area contributed by atoms with Crippen molar-refractivity contribution in [1.29, 1.82) is 0 Å². The number of nitrogens with one attached hydrogen (secondary N) is 2. The number of carbonyl (C=O) groups excluding carboxylic acids is 1. The van der Waals surface area contributed by atoms with Gasteiger partial charge in [-0.2, -0.15) is 10.2 Å². The number of carbonyl (C=O) groups is 1. The Kier molecular flexibility index (Phi) is 5.21. The highest BCUT2D eigenvalue weighted by Crippen LogP contribution is 2.44. The lowest BCUT2D eigenvalue weighted by atomic mass is 9.92. The fraction of sp³-hybridized carbons (Fsp3) is 0.571. The average Bonchev–Trinajstić information content (AvgIpc) is 3.40. The Morgan fingerprint density at radius 1 is 1.37 bits per heavy atom. The molecule has 3 heterocycles. The van der Waals surface area contributed by atoms with E-state index in [9.17, 15) is 4.79 Å². The molecule has 4 N–H and O–H groups in total. The van der Waals surface area contributed by atoms with Gasteiger partial charge in [-0.3, -0.25) is 9.89 Å². The van der Waals surface area contributed by atoms with E-state index >= 15 is 0 Å². The van der Waals surface area contributed by atoms with Crippen LogP contribution in [0.4, 0.5) is 11.6 Å². The Balaban J connectivity index is 1.66. The minimum atomic E-state index is -0.361. The molecule has 3 aromatic heterocycles. The summed E-state index contributed by atoms with van der Waals surface area (Å²) in [4.78, 5) is 21.6. The van der Waals surface area contributed by atoms with Crippen LogP contribution in [0.2, 0.25) is 0 Å². The van der Waals surface area contributed by atoms with Crippen molar-refractivity contribution in [2.24, 2.45) is 5.41 Å². The third kappa shape index (κ3) is 3.64. The van der Waals surface area contributed by atoms with Crippen LogP contribution in [0.25, 0.3) is 11.0 Å². The zero-order chi connectivity index (χ0) is 21.5. The Morgan fingerprint density at radius 3 is 2.80 bits per heavy atom. The lowest BCUT2D eigenvalue weighted by Gasteiger charge is -2.17. The van der Waals surface area contributed by atoms with Crippen molar-refractivity contribution in [1.82, 2.24) is 29.9 Å². The van der Waals surface area contributed by atoms with Crippen molar-refractivity contribution in [2.75, 3.05) is 11.1 Å². The molecule has 3 aromatic rings. The molecule has 9 nitrogen and oxygen atoms in total. The van der Waals surface area contributed by atoms with Crippen molar-refractivity contribution >= 4 is 28.6 Å². The number of H-pyrrole nitrogens is 1. The van der Waals surface area contributed by atoms with Crippen LogP contribution in [0.15, 0.2) is 12.4 Å². The predicted octanol–water partition coefficient (Wildman–Crippen LogP) is 4.04. The molecule has 0 saturated heterocycles. The maximum absolute atomic E-state index is 13.1. The van der Waals surface area contributed by atoms with Crippen molar-refractivity contribution < 1.29 is 4.79 Å². The van der Waals surface area contributed by atoms with Gasteiger partial charge in [0, 0.05) is 17.7 Å². The van der Waals surface area contributed by atoms with E-state index in [2.05, 4.69) is 58.3 Å². The number of rotatable bonds is 6. The fourth-order valence-corrected chi connectivity index (χ4v) is 4.53. The van der Waals surface area contributed by atoms with Gasteiger partial charge in [-0.1, -0.05) is 27.7 Å². The minimum absolute atomic E-state index is 0.185. The highest BCUT2D eigenvalue weighted by Gasteiger charge is 2.35. The molecule has 0 spiro atoms. The molecular weight excluding hydrogens is 380 g/mol. The largest absolute Gasteiger partial charge is 0.383 e. The van der Waals surface area contributed by atoms with E-state index in [1.54, 1.807) is 0 Å². The molecule has 1 unspecified atom stereocenters. The number of amides is 1. The Hall–Kier alpha value is -2.97. The summed E-state index contributed by atoms with van der Waals surface area (Å²) < 4.78 is 1.86. The number of nitrogens with two attached hydrogens (primary N) is 1. The van der Waals surface area contributed by atoms with Gasteiger partial charge in [0.1, 0.15) is 12.1 Å². The molecular formula is C21H30N8O. The maximum atomic E-state index is 13.1. The number of aromatic amines is 1. The normalized spacial score (nSPS) is 18.4. The van der Waals surface area contributed by atoms with Crippen molar-refractivity contribution in [3.05, 3.63) is 23.8 Å². The van der Waals surface area contributed by atoms with E-state index in [0.29, 0.717) is 22.8 Å². The average molecular weight is 411 g/mol. The second kappa shape index (κ2) is 7.70. The van der Waals surface area contributed by atoms with Crippen molar-refractivity contribution in [3.8, 4) is 0 Å². The first kappa shape index (κ1) is 20.3. The first-order chi connectivity index (χ1) is 14.3. The van der Waals surface area contributed by atoms with Gasteiger partial charge in [-0.15, -0.1) is 0 Å². The molecule has 1 atom stereocenters. The summed E-state index contributed by atoms with van der Waals surface area (Å²) in [6, 6.07) is 2.07. The molecule has 0 aliphatic heterocycles. The van der Waals surface area contributed by atoms with Gasteiger partial charge in [0.25, 0.3) is 5.91 Å². The SMILES string of the molecule is CCC(CC)c1cc(NC(=O)c2nn(C3CCC(C)(C)C3)c3ncnc(N)c23)n[nH]1. The second-order valence-electron chi connectivity index (χ2n) is 8.99. The maximum Gasteiger partial charge on any atom is 0.278 e. The summed E-state index contributed by atoms with van der Waals surface area (Å²) in [7, 11) is 0. The number of fused-ring (bicyclic) bond motifs is 1. The molecule has 1 saturated carbocycles. The van der Waals surface area contributed by atoms with Gasteiger partial charge < -0.3 is 11.1 Å². The van der Waals surface area contributed by atoms with Crippen LogP contribution in [0.3, 0.4) is 0 Å². The number of nitrogens with zero attached hydrogens (tertiary/aromatic N) is 5. The van der Waals surface area contributed by atoms with E-state index in [1.807, 2.05) is 10.7 Å². The van der Waals surface area contributed by atoms with Gasteiger partial charge in [-0.25, -0.2) is 14.6 Å². The molecule has 160 valence electrons. The molecule has 0 radical (unpaired) electrons. The molecule has 9 heteroatoms. The van der Waals surface area contributed by atoms with Crippen LogP contribution >= 0.6 is 0 Å². The van der Waals surface area contributed by atoms with Gasteiger partial charge >= 0.3 is 0 Å².